The van der Waals surface area contributed by atoms with Crippen molar-refractivity contribution in [2.45, 2.75) is 78.9 Å². The molecule has 0 radical (unpaired) electrons. The van der Waals surface area contributed by atoms with Crippen LogP contribution in [0.4, 0.5) is 5.69 Å². The molecule has 7 nitrogen and oxygen atoms in total. The Bertz CT molecular complexity index is 1020. The number of benzene rings is 1. The van der Waals surface area contributed by atoms with Gasteiger partial charge in [-0.2, -0.15) is 0 Å². The first-order chi connectivity index (χ1) is 16.9. The van der Waals surface area contributed by atoms with E-state index in [4.69, 9.17) is 9.47 Å². The van der Waals surface area contributed by atoms with E-state index in [1.54, 1.807) is 13.1 Å². The highest BCUT2D eigenvalue weighted by Crippen LogP contribution is 2.34. The second-order valence-corrected chi connectivity index (χ2v) is 9.19. The molecule has 1 heterocycles. The van der Waals surface area contributed by atoms with E-state index in [-0.39, 0.29) is 12.0 Å². The van der Waals surface area contributed by atoms with Crippen molar-refractivity contribution in [1.29, 1.82) is 0 Å². The number of amides is 1. The molecule has 0 spiro atoms. The number of rotatable bonds is 12. The van der Waals surface area contributed by atoms with Crippen molar-refractivity contribution >= 4 is 17.6 Å². The van der Waals surface area contributed by atoms with E-state index < -0.39 is 17.8 Å². The minimum Gasteiger partial charge on any atom is -0.492 e. The van der Waals surface area contributed by atoms with Crippen LogP contribution in [0.5, 0.6) is 5.75 Å². The summed E-state index contributed by atoms with van der Waals surface area (Å²) in [5.41, 5.74) is 4.53. The quantitative estimate of drug-likeness (QED) is 0.386. The number of carboxylic acids is 1. The number of nitrogens with one attached hydrogen (secondary N) is 1. The molecule has 190 valence electrons. The summed E-state index contributed by atoms with van der Waals surface area (Å²) in [6.07, 6.45) is 9.18. The summed E-state index contributed by atoms with van der Waals surface area (Å²) in [4.78, 5) is 29.0. The van der Waals surface area contributed by atoms with E-state index in [0.29, 0.717) is 31.7 Å². The number of hydrogen-bond donors (Lipinski definition) is 2. The standard InChI is InChI=1S/C28H38N2O5/c1-5-22(23(6-2)28(32)33)27(31)30-20-12-13-24(19(14-20)17-35-21-10-8-9-11-21)25-15-29-16-26(18(25)4)34-7-3/h12-16,21-23H,5-11,17H2,1-4H3,(H,30,31)(H,32,33)/t22-,23+/m0/s1. The van der Waals surface area contributed by atoms with Gasteiger partial charge in [-0.25, -0.2) is 0 Å². The Balaban J connectivity index is 1.92. The molecule has 1 aromatic heterocycles. The van der Waals surface area contributed by atoms with Gasteiger partial charge in [0, 0.05) is 23.0 Å². The van der Waals surface area contributed by atoms with Crippen LogP contribution in [0.3, 0.4) is 0 Å². The van der Waals surface area contributed by atoms with Crippen LogP contribution in [0.2, 0.25) is 0 Å². The number of aromatic nitrogens is 1. The Morgan fingerprint density at radius 1 is 1.09 bits per heavy atom. The molecule has 7 heteroatoms. The highest BCUT2D eigenvalue weighted by Gasteiger charge is 2.31. The third-order valence-electron chi connectivity index (χ3n) is 6.93. The normalized spacial score (nSPS) is 15.5. The molecule has 0 saturated heterocycles. The molecule has 1 aromatic carbocycles. The Morgan fingerprint density at radius 3 is 2.43 bits per heavy atom. The zero-order chi connectivity index (χ0) is 25.4. The minimum absolute atomic E-state index is 0.250. The van der Waals surface area contributed by atoms with Crippen LogP contribution in [0.1, 0.15) is 70.4 Å². The first-order valence-electron chi connectivity index (χ1n) is 12.7. The third kappa shape index (κ3) is 6.60. The van der Waals surface area contributed by atoms with Crippen LogP contribution in [-0.4, -0.2) is 34.7 Å². The van der Waals surface area contributed by atoms with Crippen molar-refractivity contribution < 1.29 is 24.2 Å². The number of anilines is 1. The molecule has 1 fully saturated rings. The van der Waals surface area contributed by atoms with Crippen molar-refractivity contribution in [3.05, 3.63) is 41.7 Å². The maximum absolute atomic E-state index is 13.0. The number of ether oxygens (including phenoxy) is 2. The molecule has 0 bridgehead atoms. The van der Waals surface area contributed by atoms with Crippen LogP contribution in [0.25, 0.3) is 11.1 Å². The van der Waals surface area contributed by atoms with Crippen molar-refractivity contribution in [2.75, 3.05) is 11.9 Å². The van der Waals surface area contributed by atoms with Crippen LogP contribution < -0.4 is 10.1 Å². The lowest BCUT2D eigenvalue weighted by molar-refractivity contribution is -0.146. The van der Waals surface area contributed by atoms with Gasteiger partial charge < -0.3 is 19.9 Å². The van der Waals surface area contributed by atoms with E-state index >= 15 is 0 Å². The lowest BCUT2D eigenvalue weighted by atomic mass is 9.87. The summed E-state index contributed by atoms with van der Waals surface area (Å²) in [6.45, 7) is 8.59. The SMILES string of the molecule is CCOc1cncc(-c2ccc(NC(=O)[C@@H](CC)[C@@H](CC)C(=O)O)cc2COC2CCCC2)c1C. The minimum atomic E-state index is -0.937. The second-order valence-electron chi connectivity index (χ2n) is 9.19. The van der Waals surface area contributed by atoms with E-state index in [9.17, 15) is 14.7 Å². The number of nitrogens with zero attached hydrogens (tertiary/aromatic N) is 1. The Kier molecular flexibility index (Phi) is 9.66. The molecular formula is C28H38N2O5. The molecule has 2 aromatic rings. The first-order valence-corrected chi connectivity index (χ1v) is 12.7. The van der Waals surface area contributed by atoms with Crippen LogP contribution in [0.15, 0.2) is 30.6 Å². The molecule has 1 amide bonds. The van der Waals surface area contributed by atoms with Crippen molar-refractivity contribution in [2.24, 2.45) is 11.8 Å². The fraction of sp³-hybridized carbons (Fsp3) is 0.536. The highest BCUT2D eigenvalue weighted by atomic mass is 16.5. The van der Waals surface area contributed by atoms with Crippen molar-refractivity contribution in [3.63, 3.8) is 0 Å². The lowest BCUT2D eigenvalue weighted by Crippen LogP contribution is -2.33. The summed E-state index contributed by atoms with van der Waals surface area (Å²) < 4.78 is 12.0. The number of carbonyl (C=O) groups is 2. The molecule has 1 saturated carbocycles. The van der Waals surface area contributed by atoms with Gasteiger partial charge in [-0.05, 0) is 62.8 Å². The van der Waals surface area contributed by atoms with Gasteiger partial charge in [0.2, 0.25) is 5.91 Å². The van der Waals surface area contributed by atoms with Crippen LogP contribution >= 0.6 is 0 Å². The Morgan fingerprint density at radius 2 is 1.80 bits per heavy atom. The zero-order valence-corrected chi connectivity index (χ0v) is 21.3. The third-order valence-corrected chi connectivity index (χ3v) is 6.93. The maximum Gasteiger partial charge on any atom is 0.307 e. The number of carboxylic acid groups (broad SMARTS) is 1. The predicted octanol–water partition coefficient (Wildman–Crippen LogP) is 5.99. The Hall–Kier alpha value is -2.93. The fourth-order valence-electron chi connectivity index (χ4n) is 4.91. The summed E-state index contributed by atoms with van der Waals surface area (Å²) >= 11 is 0. The van der Waals surface area contributed by atoms with Gasteiger partial charge >= 0.3 is 5.97 Å². The molecule has 2 atom stereocenters. The van der Waals surface area contributed by atoms with Gasteiger partial charge in [-0.15, -0.1) is 0 Å². The molecule has 1 aliphatic rings. The van der Waals surface area contributed by atoms with Gasteiger partial charge in [0.1, 0.15) is 5.75 Å². The molecule has 1 aliphatic carbocycles. The number of aliphatic carboxylic acids is 1. The molecule has 35 heavy (non-hydrogen) atoms. The fourth-order valence-corrected chi connectivity index (χ4v) is 4.91. The highest BCUT2D eigenvalue weighted by molar-refractivity contribution is 5.95. The first kappa shape index (κ1) is 26.7. The van der Waals surface area contributed by atoms with Gasteiger partial charge in [0.15, 0.2) is 0 Å². The monoisotopic (exact) mass is 482 g/mol. The molecular weight excluding hydrogens is 444 g/mol. The van der Waals surface area contributed by atoms with Crippen LogP contribution in [-0.2, 0) is 20.9 Å². The van der Waals surface area contributed by atoms with Gasteiger partial charge in [-0.3, -0.25) is 14.6 Å². The van der Waals surface area contributed by atoms with Crippen molar-refractivity contribution in [3.8, 4) is 16.9 Å². The summed E-state index contributed by atoms with van der Waals surface area (Å²) in [5, 5.41) is 12.5. The summed E-state index contributed by atoms with van der Waals surface area (Å²) in [7, 11) is 0. The van der Waals surface area contributed by atoms with E-state index in [1.165, 1.54) is 12.8 Å². The molecule has 2 N–H and O–H groups in total. The van der Waals surface area contributed by atoms with Gasteiger partial charge in [0.05, 0.1) is 37.4 Å². The number of pyridine rings is 1. The van der Waals surface area contributed by atoms with Crippen LogP contribution in [0, 0.1) is 18.8 Å². The van der Waals surface area contributed by atoms with E-state index in [1.807, 2.05) is 45.2 Å². The Labute approximate surface area is 208 Å². The smallest absolute Gasteiger partial charge is 0.307 e. The van der Waals surface area contributed by atoms with E-state index in [2.05, 4.69) is 10.3 Å². The topological polar surface area (TPSA) is 97.8 Å². The summed E-state index contributed by atoms with van der Waals surface area (Å²) in [5.74, 6) is -1.76. The average molecular weight is 483 g/mol. The van der Waals surface area contributed by atoms with Gasteiger partial charge in [-0.1, -0.05) is 32.8 Å². The van der Waals surface area contributed by atoms with Crippen molar-refractivity contribution in [1.82, 2.24) is 4.98 Å². The lowest BCUT2D eigenvalue weighted by Gasteiger charge is -2.22. The van der Waals surface area contributed by atoms with E-state index in [0.717, 1.165) is 40.8 Å². The number of carbonyl (C=O) groups excluding carboxylic acids is 1. The maximum atomic E-state index is 13.0. The molecule has 0 aliphatic heterocycles. The summed E-state index contributed by atoms with van der Waals surface area (Å²) in [6, 6.07) is 5.76. The second kappa shape index (κ2) is 12.7. The molecule has 0 unspecified atom stereocenters. The average Bonchev–Trinajstić information content (AvgIpc) is 3.36. The largest absolute Gasteiger partial charge is 0.492 e. The number of hydrogen-bond acceptors (Lipinski definition) is 5. The van der Waals surface area contributed by atoms with Gasteiger partial charge in [0.25, 0.3) is 0 Å². The molecule has 3 rings (SSSR count). The zero-order valence-electron chi connectivity index (χ0n) is 21.3. The predicted molar refractivity (Wildman–Crippen MR) is 136 cm³/mol.